The number of benzene rings is 1. The molecule has 0 unspecified atom stereocenters. The molecule has 1 aromatic rings. The lowest BCUT2D eigenvalue weighted by Crippen LogP contribution is -2.39. The molecule has 1 heterocycles. The SMILES string of the molecule is Cc1ccc([C@@H](CNC2CCOCC2)C(=O)C(C)C)cc1. The molecule has 1 N–H and O–H groups in total. The number of nitrogens with one attached hydrogen (secondary N) is 1. The van der Waals surface area contributed by atoms with Gasteiger partial charge < -0.3 is 10.1 Å². The maximum absolute atomic E-state index is 12.5. The zero-order chi connectivity index (χ0) is 15.2. The maximum atomic E-state index is 12.5. The summed E-state index contributed by atoms with van der Waals surface area (Å²) in [5.41, 5.74) is 2.35. The molecule has 3 nitrogen and oxygen atoms in total. The minimum Gasteiger partial charge on any atom is -0.381 e. The van der Waals surface area contributed by atoms with Gasteiger partial charge in [-0.2, -0.15) is 0 Å². The molecule has 1 saturated heterocycles. The molecule has 0 radical (unpaired) electrons. The van der Waals surface area contributed by atoms with E-state index in [-0.39, 0.29) is 11.8 Å². The van der Waals surface area contributed by atoms with Crippen LogP contribution in [0.15, 0.2) is 24.3 Å². The molecule has 0 aromatic heterocycles. The fourth-order valence-corrected chi connectivity index (χ4v) is 2.77. The molecule has 0 spiro atoms. The Bertz CT molecular complexity index is 447. The Labute approximate surface area is 128 Å². The lowest BCUT2D eigenvalue weighted by molar-refractivity contribution is -0.123. The highest BCUT2D eigenvalue weighted by Crippen LogP contribution is 2.21. The second kappa shape index (κ2) is 7.71. The molecule has 0 saturated carbocycles. The average Bonchev–Trinajstić information content (AvgIpc) is 2.50. The first-order valence-corrected chi connectivity index (χ1v) is 7.99. The Morgan fingerprint density at radius 1 is 1.24 bits per heavy atom. The van der Waals surface area contributed by atoms with E-state index in [1.807, 2.05) is 13.8 Å². The zero-order valence-electron chi connectivity index (χ0n) is 13.4. The zero-order valence-corrected chi connectivity index (χ0v) is 13.4. The lowest BCUT2D eigenvalue weighted by atomic mass is 9.88. The number of hydrogen-bond donors (Lipinski definition) is 1. The second-order valence-electron chi connectivity index (χ2n) is 6.32. The number of Topliss-reactive ketones (excluding diaryl/α,β-unsaturated/α-hetero) is 1. The molecule has 21 heavy (non-hydrogen) atoms. The molecule has 1 aromatic carbocycles. The van der Waals surface area contributed by atoms with E-state index in [0.717, 1.165) is 38.2 Å². The van der Waals surface area contributed by atoms with E-state index in [1.54, 1.807) is 0 Å². The van der Waals surface area contributed by atoms with Crippen LogP contribution in [0, 0.1) is 12.8 Å². The molecule has 2 rings (SSSR count). The highest BCUT2D eigenvalue weighted by atomic mass is 16.5. The van der Waals surface area contributed by atoms with E-state index in [9.17, 15) is 4.79 Å². The van der Waals surface area contributed by atoms with Crippen molar-refractivity contribution in [3.63, 3.8) is 0 Å². The molecular formula is C18H27NO2. The summed E-state index contributed by atoms with van der Waals surface area (Å²) < 4.78 is 5.38. The van der Waals surface area contributed by atoms with Crippen LogP contribution in [0.5, 0.6) is 0 Å². The summed E-state index contributed by atoms with van der Waals surface area (Å²) in [5.74, 6) is 0.333. The van der Waals surface area contributed by atoms with Crippen molar-refractivity contribution >= 4 is 5.78 Å². The third-order valence-electron chi connectivity index (χ3n) is 4.22. The first-order valence-electron chi connectivity index (χ1n) is 7.99. The number of ketones is 1. The monoisotopic (exact) mass is 289 g/mol. The summed E-state index contributed by atoms with van der Waals surface area (Å²) >= 11 is 0. The first kappa shape index (κ1) is 16.2. The molecule has 116 valence electrons. The molecule has 0 bridgehead atoms. The summed E-state index contributed by atoms with van der Waals surface area (Å²) in [6.45, 7) is 8.42. The fourth-order valence-electron chi connectivity index (χ4n) is 2.77. The summed E-state index contributed by atoms with van der Waals surface area (Å²) in [7, 11) is 0. The van der Waals surface area contributed by atoms with Crippen molar-refractivity contribution in [1.82, 2.24) is 5.32 Å². The smallest absolute Gasteiger partial charge is 0.144 e. The standard InChI is InChI=1S/C18H27NO2/c1-13(2)18(20)17(15-6-4-14(3)5-7-15)12-19-16-8-10-21-11-9-16/h4-7,13,16-17,19H,8-12H2,1-3H3/t17-/m1/s1. The van der Waals surface area contributed by atoms with Crippen molar-refractivity contribution in [3.8, 4) is 0 Å². The fraction of sp³-hybridized carbons (Fsp3) is 0.611. The lowest BCUT2D eigenvalue weighted by Gasteiger charge is -2.26. The van der Waals surface area contributed by atoms with Gasteiger partial charge >= 0.3 is 0 Å². The van der Waals surface area contributed by atoms with E-state index in [4.69, 9.17) is 4.74 Å². The van der Waals surface area contributed by atoms with Crippen molar-refractivity contribution in [2.45, 2.75) is 45.6 Å². The molecule has 0 aliphatic carbocycles. The third kappa shape index (κ3) is 4.65. The number of carbonyl (C=O) groups excluding carboxylic acids is 1. The summed E-state index contributed by atoms with van der Waals surface area (Å²) in [5, 5.41) is 3.57. The molecule has 3 heteroatoms. The highest BCUT2D eigenvalue weighted by Gasteiger charge is 2.24. The average molecular weight is 289 g/mol. The van der Waals surface area contributed by atoms with Crippen LogP contribution < -0.4 is 5.32 Å². The van der Waals surface area contributed by atoms with Gasteiger partial charge in [0.25, 0.3) is 0 Å². The van der Waals surface area contributed by atoms with Crippen molar-refractivity contribution in [3.05, 3.63) is 35.4 Å². The van der Waals surface area contributed by atoms with Crippen LogP contribution in [-0.2, 0) is 9.53 Å². The van der Waals surface area contributed by atoms with E-state index in [0.29, 0.717) is 11.8 Å². The molecule has 1 aliphatic heterocycles. The van der Waals surface area contributed by atoms with Crippen molar-refractivity contribution in [2.75, 3.05) is 19.8 Å². The minimum absolute atomic E-state index is 0.0477. The molecule has 1 aliphatic rings. The molecule has 1 fully saturated rings. The first-order chi connectivity index (χ1) is 10.1. The van der Waals surface area contributed by atoms with Gasteiger partial charge in [-0.1, -0.05) is 43.7 Å². The Balaban J connectivity index is 2.04. The summed E-state index contributed by atoms with van der Waals surface area (Å²) in [4.78, 5) is 12.5. The van der Waals surface area contributed by atoms with E-state index < -0.39 is 0 Å². The quantitative estimate of drug-likeness (QED) is 0.874. The number of ether oxygens (including phenoxy) is 1. The van der Waals surface area contributed by atoms with Crippen molar-refractivity contribution in [2.24, 2.45) is 5.92 Å². The topological polar surface area (TPSA) is 38.3 Å². The molecule has 0 amide bonds. The predicted octanol–water partition coefficient (Wildman–Crippen LogP) is 3.07. The van der Waals surface area contributed by atoms with Gasteiger partial charge in [-0.25, -0.2) is 0 Å². The number of carbonyl (C=O) groups is 1. The van der Waals surface area contributed by atoms with Gasteiger partial charge in [0.15, 0.2) is 0 Å². The second-order valence-corrected chi connectivity index (χ2v) is 6.32. The van der Waals surface area contributed by atoms with Crippen LogP contribution >= 0.6 is 0 Å². The Morgan fingerprint density at radius 3 is 2.43 bits per heavy atom. The predicted molar refractivity (Wildman–Crippen MR) is 85.6 cm³/mol. The van der Waals surface area contributed by atoms with Crippen LogP contribution in [0.4, 0.5) is 0 Å². The van der Waals surface area contributed by atoms with Crippen molar-refractivity contribution < 1.29 is 9.53 Å². The van der Waals surface area contributed by atoms with Gasteiger partial charge in [0.1, 0.15) is 5.78 Å². The molecular weight excluding hydrogens is 262 g/mol. The van der Waals surface area contributed by atoms with Crippen LogP contribution in [0.3, 0.4) is 0 Å². The van der Waals surface area contributed by atoms with Gasteiger partial charge in [0.05, 0.1) is 5.92 Å². The van der Waals surface area contributed by atoms with Crippen LogP contribution in [-0.4, -0.2) is 31.6 Å². The minimum atomic E-state index is -0.0477. The van der Waals surface area contributed by atoms with Crippen LogP contribution in [0.2, 0.25) is 0 Å². The van der Waals surface area contributed by atoms with Gasteiger partial charge in [-0.05, 0) is 25.3 Å². The van der Waals surface area contributed by atoms with Crippen LogP contribution in [0.25, 0.3) is 0 Å². The number of hydrogen-bond acceptors (Lipinski definition) is 3. The Morgan fingerprint density at radius 2 is 1.86 bits per heavy atom. The van der Waals surface area contributed by atoms with E-state index in [1.165, 1.54) is 5.56 Å². The van der Waals surface area contributed by atoms with Crippen molar-refractivity contribution in [1.29, 1.82) is 0 Å². The largest absolute Gasteiger partial charge is 0.381 e. The van der Waals surface area contributed by atoms with E-state index >= 15 is 0 Å². The van der Waals surface area contributed by atoms with Gasteiger partial charge in [-0.15, -0.1) is 0 Å². The van der Waals surface area contributed by atoms with E-state index in [2.05, 4.69) is 36.5 Å². The Kier molecular flexibility index (Phi) is 5.95. The van der Waals surface area contributed by atoms with Gasteiger partial charge in [0.2, 0.25) is 0 Å². The third-order valence-corrected chi connectivity index (χ3v) is 4.22. The van der Waals surface area contributed by atoms with Gasteiger partial charge in [0, 0.05) is 31.7 Å². The number of rotatable bonds is 6. The summed E-state index contributed by atoms with van der Waals surface area (Å²) in [6, 6.07) is 8.83. The highest BCUT2D eigenvalue weighted by molar-refractivity contribution is 5.87. The Hall–Kier alpha value is -1.19. The van der Waals surface area contributed by atoms with Gasteiger partial charge in [-0.3, -0.25) is 4.79 Å². The van der Waals surface area contributed by atoms with Crippen LogP contribution in [0.1, 0.15) is 43.7 Å². The summed E-state index contributed by atoms with van der Waals surface area (Å²) in [6.07, 6.45) is 2.08. The normalized spacial score (nSPS) is 17.9. The number of aryl methyl sites for hydroxylation is 1. The molecule has 1 atom stereocenters. The maximum Gasteiger partial charge on any atom is 0.144 e.